The Morgan fingerprint density at radius 1 is 0.837 bits per heavy atom. The van der Waals surface area contributed by atoms with Crippen LogP contribution in [0.1, 0.15) is 40.3 Å². The molecule has 8 heteroatoms. The summed E-state index contributed by atoms with van der Waals surface area (Å²) in [7, 11) is 0. The SMILES string of the molecule is CCOc1cc(/C=C2\C(=O)NC(=O)N(c3ccc(OCc4ccccc4)cc3)C2=O)cc(Cl)c1Cc1cc(C)cc(C)c1. The van der Waals surface area contributed by atoms with E-state index in [1.165, 1.54) is 6.08 Å². The second-order valence-corrected chi connectivity index (χ2v) is 10.7. The van der Waals surface area contributed by atoms with Crippen molar-refractivity contribution in [3.05, 3.63) is 129 Å². The Hall–Kier alpha value is -4.88. The molecule has 0 radical (unpaired) electrons. The summed E-state index contributed by atoms with van der Waals surface area (Å²) in [6, 6.07) is 25.2. The molecular formula is C35H31ClN2O5. The molecule has 0 unspecified atom stereocenters. The van der Waals surface area contributed by atoms with Crippen LogP contribution in [0.2, 0.25) is 5.02 Å². The number of ether oxygens (including phenoxy) is 2. The minimum Gasteiger partial charge on any atom is -0.494 e. The van der Waals surface area contributed by atoms with Crippen LogP contribution in [0.15, 0.2) is 90.5 Å². The molecule has 1 saturated heterocycles. The number of imide groups is 2. The van der Waals surface area contributed by atoms with Gasteiger partial charge in [-0.25, -0.2) is 9.69 Å². The number of amides is 4. The monoisotopic (exact) mass is 594 g/mol. The number of hydrogen-bond acceptors (Lipinski definition) is 5. The molecule has 218 valence electrons. The van der Waals surface area contributed by atoms with Crippen LogP contribution in [0.25, 0.3) is 6.08 Å². The number of aryl methyl sites for hydroxylation is 2. The first-order chi connectivity index (χ1) is 20.7. The Morgan fingerprint density at radius 2 is 1.53 bits per heavy atom. The van der Waals surface area contributed by atoms with Crippen molar-refractivity contribution in [1.82, 2.24) is 5.32 Å². The Morgan fingerprint density at radius 3 is 2.21 bits per heavy atom. The van der Waals surface area contributed by atoms with E-state index in [2.05, 4.69) is 23.5 Å². The lowest BCUT2D eigenvalue weighted by atomic mass is 9.98. The maximum Gasteiger partial charge on any atom is 0.335 e. The zero-order valence-corrected chi connectivity index (χ0v) is 24.9. The van der Waals surface area contributed by atoms with E-state index in [0.29, 0.717) is 47.4 Å². The van der Waals surface area contributed by atoms with Crippen LogP contribution in [-0.4, -0.2) is 24.5 Å². The summed E-state index contributed by atoms with van der Waals surface area (Å²) in [6.07, 6.45) is 1.98. The van der Waals surface area contributed by atoms with Crippen LogP contribution < -0.4 is 19.7 Å². The molecule has 1 N–H and O–H groups in total. The third-order valence-electron chi connectivity index (χ3n) is 6.90. The number of urea groups is 1. The van der Waals surface area contributed by atoms with Gasteiger partial charge in [-0.3, -0.25) is 14.9 Å². The van der Waals surface area contributed by atoms with E-state index in [9.17, 15) is 14.4 Å². The molecule has 5 rings (SSSR count). The largest absolute Gasteiger partial charge is 0.494 e. The van der Waals surface area contributed by atoms with Crippen molar-refractivity contribution in [2.75, 3.05) is 11.5 Å². The van der Waals surface area contributed by atoms with Gasteiger partial charge in [0.15, 0.2) is 0 Å². The van der Waals surface area contributed by atoms with Crippen LogP contribution in [0.4, 0.5) is 10.5 Å². The third-order valence-corrected chi connectivity index (χ3v) is 7.23. The highest BCUT2D eigenvalue weighted by Crippen LogP contribution is 2.33. The van der Waals surface area contributed by atoms with Crippen molar-refractivity contribution < 1.29 is 23.9 Å². The fourth-order valence-electron chi connectivity index (χ4n) is 5.04. The summed E-state index contributed by atoms with van der Waals surface area (Å²) in [4.78, 5) is 40.0. The molecule has 0 atom stereocenters. The number of rotatable bonds is 9. The molecule has 4 aromatic rings. The fourth-order valence-corrected chi connectivity index (χ4v) is 5.32. The first kappa shape index (κ1) is 29.6. The van der Waals surface area contributed by atoms with Gasteiger partial charge in [0.1, 0.15) is 23.7 Å². The van der Waals surface area contributed by atoms with Gasteiger partial charge in [0.25, 0.3) is 11.8 Å². The Bertz CT molecular complexity index is 1690. The summed E-state index contributed by atoms with van der Waals surface area (Å²) in [5.41, 5.74) is 5.81. The van der Waals surface area contributed by atoms with E-state index in [1.54, 1.807) is 36.4 Å². The van der Waals surface area contributed by atoms with E-state index in [1.807, 2.05) is 51.1 Å². The minimum atomic E-state index is -0.832. The van der Waals surface area contributed by atoms with Crippen molar-refractivity contribution in [3.63, 3.8) is 0 Å². The van der Waals surface area contributed by atoms with E-state index in [-0.39, 0.29) is 5.57 Å². The average molecular weight is 595 g/mol. The molecule has 1 aliphatic rings. The summed E-state index contributed by atoms with van der Waals surface area (Å²) >= 11 is 6.75. The van der Waals surface area contributed by atoms with Crippen LogP contribution in [0.5, 0.6) is 11.5 Å². The van der Waals surface area contributed by atoms with E-state index >= 15 is 0 Å². The van der Waals surface area contributed by atoms with Gasteiger partial charge in [-0.15, -0.1) is 0 Å². The zero-order valence-electron chi connectivity index (χ0n) is 24.1. The van der Waals surface area contributed by atoms with Crippen molar-refractivity contribution in [1.29, 1.82) is 0 Å². The summed E-state index contributed by atoms with van der Waals surface area (Å²) in [5.74, 6) is -0.408. The number of nitrogens with one attached hydrogen (secondary N) is 1. The Labute approximate surface area is 255 Å². The highest BCUT2D eigenvalue weighted by Gasteiger charge is 2.37. The molecule has 0 aliphatic carbocycles. The van der Waals surface area contributed by atoms with Gasteiger partial charge in [-0.2, -0.15) is 0 Å². The smallest absolute Gasteiger partial charge is 0.335 e. The predicted molar refractivity (Wildman–Crippen MR) is 168 cm³/mol. The number of carbonyl (C=O) groups excluding carboxylic acids is 3. The van der Waals surface area contributed by atoms with Crippen molar-refractivity contribution in [2.45, 2.75) is 33.8 Å². The lowest BCUT2D eigenvalue weighted by molar-refractivity contribution is -0.122. The number of halogens is 1. The number of benzene rings is 4. The molecule has 0 saturated carbocycles. The van der Waals surface area contributed by atoms with E-state index < -0.39 is 17.8 Å². The van der Waals surface area contributed by atoms with Gasteiger partial charge >= 0.3 is 6.03 Å². The van der Waals surface area contributed by atoms with Crippen LogP contribution in [0, 0.1) is 13.8 Å². The summed E-state index contributed by atoms with van der Waals surface area (Å²) < 4.78 is 11.7. The topological polar surface area (TPSA) is 84.9 Å². The van der Waals surface area contributed by atoms with E-state index in [4.69, 9.17) is 21.1 Å². The molecule has 4 aromatic carbocycles. The highest BCUT2D eigenvalue weighted by atomic mass is 35.5. The number of nitrogens with zero attached hydrogens (tertiary/aromatic N) is 1. The summed E-state index contributed by atoms with van der Waals surface area (Å²) in [5, 5.41) is 2.71. The van der Waals surface area contributed by atoms with E-state index in [0.717, 1.165) is 32.7 Å². The number of barbiturate groups is 1. The van der Waals surface area contributed by atoms with Crippen molar-refractivity contribution >= 4 is 41.2 Å². The molecule has 0 spiro atoms. The van der Waals surface area contributed by atoms with Crippen molar-refractivity contribution in [2.24, 2.45) is 0 Å². The second kappa shape index (κ2) is 13.0. The lowest BCUT2D eigenvalue weighted by Gasteiger charge is -2.26. The standard InChI is InChI=1S/C35H31ClN2O5/c1-4-42-32-20-26(19-31(36)29(32)17-25-15-22(2)14-23(3)16-25)18-30-33(39)37-35(41)38(34(30)40)27-10-12-28(13-11-27)43-21-24-8-6-5-7-9-24/h5-16,18-20H,4,17,21H2,1-3H3,(H,37,39,41)/b30-18+. The second-order valence-electron chi connectivity index (χ2n) is 10.3. The Kier molecular flexibility index (Phi) is 8.93. The minimum absolute atomic E-state index is 0.204. The molecule has 1 aliphatic heterocycles. The molecule has 7 nitrogen and oxygen atoms in total. The molecule has 43 heavy (non-hydrogen) atoms. The molecular weight excluding hydrogens is 564 g/mol. The van der Waals surface area contributed by atoms with Gasteiger partial charge in [-0.05, 0) is 79.9 Å². The van der Waals surface area contributed by atoms with Crippen LogP contribution in [0.3, 0.4) is 0 Å². The first-order valence-corrected chi connectivity index (χ1v) is 14.3. The normalized spacial score (nSPS) is 14.2. The quantitative estimate of drug-likeness (QED) is 0.164. The van der Waals surface area contributed by atoms with Crippen LogP contribution >= 0.6 is 11.6 Å². The zero-order chi connectivity index (χ0) is 30.5. The maximum atomic E-state index is 13.5. The van der Waals surface area contributed by atoms with Gasteiger partial charge < -0.3 is 9.47 Å². The van der Waals surface area contributed by atoms with Gasteiger partial charge in [-0.1, -0.05) is 71.3 Å². The molecule has 1 fully saturated rings. The molecule has 0 bridgehead atoms. The number of hydrogen-bond donors (Lipinski definition) is 1. The van der Waals surface area contributed by atoms with Crippen LogP contribution in [-0.2, 0) is 22.6 Å². The van der Waals surface area contributed by atoms with Gasteiger partial charge in [0.05, 0.1) is 12.3 Å². The predicted octanol–water partition coefficient (Wildman–Crippen LogP) is 7.19. The van der Waals surface area contributed by atoms with Gasteiger partial charge in [0.2, 0.25) is 0 Å². The highest BCUT2D eigenvalue weighted by molar-refractivity contribution is 6.39. The lowest BCUT2D eigenvalue weighted by Crippen LogP contribution is -2.54. The first-order valence-electron chi connectivity index (χ1n) is 13.9. The van der Waals surface area contributed by atoms with Crippen molar-refractivity contribution in [3.8, 4) is 11.5 Å². The molecule has 1 heterocycles. The summed E-state index contributed by atoms with van der Waals surface area (Å²) in [6.45, 7) is 6.75. The Balaban J connectivity index is 1.40. The fraction of sp³-hybridized carbons (Fsp3) is 0.171. The van der Waals surface area contributed by atoms with Gasteiger partial charge in [0, 0.05) is 17.0 Å². The molecule has 0 aromatic heterocycles. The number of carbonyl (C=O) groups is 3. The molecule has 4 amide bonds. The third kappa shape index (κ3) is 6.96. The maximum absolute atomic E-state index is 13.5. The average Bonchev–Trinajstić information content (AvgIpc) is 2.97. The number of anilines is 1.